The van der Waals surface area contributed by atoms with Crippen LogP contribution < -0.4 is 10.6 Å². The Hall–Kier alpha value is -0.610. The third-order valence-electron chi connectivity index (χ3n) is 2.72. The number of carbonyl (C=O) groups is 1. The van der Waals surface area contributed by atoms with Gasteiger partial charge >= 0.3 is 0 Å². The number of hydrogen-bond acceptors (Lipinski definition) is 3. The van der Waals surface area contributed by atoms with Gasteiger partial charge in [0.1, 0.15) is 0 Å². The maximum atomic E-state index is 11.2. The number of carbonyl (C=O) groups excluding carboxylic acids is 1. The zero-order chi connectivity index (χ0) is 11.1. The van der Waals surface area contributed by atoms with E-state index in [9.17, 15) is 4.79 Å². The second-order valence-electron chi connectivity index (χ2n) is 4.34. The summed E-state index contributed by atoms with van der Waals surface area (Å²) in [5, 5.41) is 15.3. The molecule has 0 radical (unpaired) electrons. The molecule has 1 aliphatic heterocycles. The normalized spacial score (nSPS) is 24.4. The second-order valence-corrected chi connectivity index (χ2v) is 4.34. The van der Waals surface area contributed by atoms with Crippen LogP contribution in [0.3, 0.4) is 0 Å². The topological polar surface area (TPSA) is 61.4 Å². The summed E-state index contributed by atoms with van der Waals surface area (Å²) in [5.74, 6) is 0.153. The highest BCUT2D eigenvalue weighted by Gasteiger charge is 2.16. The number of hydrogen-bond donors (Lipinski definition) is 3. The molecule has 4 heteroatoms. The average molecular weight is 214 g/mol. The summed E-state index contributed by atoms with van der Waals surface area (Å²) in [6.45, 7) is 3.51. The van der Waals surface area contributed by atoms with Crippen molar-refractivity contribution in [2.24, 2.45) is 0 Å². The first-order valence-corrected chi connectivity index (χ1v) is 5.86. The van der Waals surface area contributed by atoms with E-state index in [0.29, 0.717) is 12.5 Å². The summed E-state index contributed by atoms with van der Waals surface area (Å²) >= 11 is 0. The molecule has 4 nitrogen and oxygen atoms in total. The fourth-order valence-corrected chi connectivity index (χ4v) is 1.85. The van der Waals surface area contributed by atoms with Crippen LogP contribution in [-0.4, -0.2) is 36.2 Å². The van der Waals surface area contributed by atoms with Crippen LogP contribution in [-0.2, 0) is 4.79 Å². The molecule has 0 aromatic carbocycles. The van der Waals surface area contributed by atoms with Crippen LogP contribution >= 0.6 is 0 Å². The van der Waals surface area contributed by atoms with E-state index in [-0.39, 0.29) is 12.0 Å². The molecule has 1 aliphatic rings. The van der Waals surface area contributed by atoms with Crippen molar-refractivity contribution in [1.29, 1.82) is 0 Å². The van der Waals surface area contributed by atoms with Crippen LogP contribution in [0.5, 0.6) is 0 Å². The molecule has 1 fully saturated rings. The molecule has 0 saturated carbocycles. The molecule has 0 aromatic rings. The van der Waals surface area contributed by atoms with Crippen molar-refractivity contribution in [3.8, 4) is 0 Å². The minimum atomic E-state index is -0.218. The lowest BCUT2D eigenvalue weighted by molar-refractivity contribution is -0.121. The summed E-state index contributed by atoms with van der Waals surface area (Å²) in [6, 6.07) is 0.321. The molecule has 1 amide bonds. The first kappa shape index (κ1) is 12.5. The van der Waals surface area contributed by atoms with Gasteiger partial charge < -0.3 is 15.7 Å². The summed E-state index contributed by atoms with van der Waals surface area (Å²) in [6.07, 6.45) is 4.29. The van der Waals surface area contributed by atoms with Crippen molar-refractivity contribution < 1.29 is 9.90 Å². The van der Waals surface area contributed by atoms with E-state index < -0.39 is 0 Å². The lowest BCUT2D eigenvalue weighted by Crippen LogP contribution is -2.33. The maximum absolute atomic E-state index is 11.2. The second kappa shape index (κ2) is 6.80. The molecule has 88 valence electrons. The molecule has 0 spiro atoms. The summed E-state index contributed by atoms with van der Waals surface area (Å²) in [4.78, 5) is 11.2. The van der Waals surface area contributed by atoms with Gasteiger partial charge in [-0.2, -0.15) is 0 Å². The van der Waals surface area contributed by atoms with Gasteiger partial charge in [0.05, 0.1) is 6.10 Å². The maximum Gasteiger partial charge on any atom is 0.221 e. The molecule has 15 heavy (non-hydrogen) atoms. The first-order chi connectivity index (χ1) is 7.18. The quantitative estimate of drug-likeness (QED) is 0.581. The number of rotatable bonds is 5. The van der Waals surface area contributed by atoms with Gasteiger partial charge in [-0.3, -0.25) is 4.79 Å². The first-order valence-electron chi connectivity index (χ1n) is 5.86. The average Bonchev–Trinajstić information content (AvgIpc) is 2.37. The molecule has 1 saturated heterocycles. The zero-order valence-corrected chi connectivity index (χ0v) is 9.46. The smallest absolute Gasteiger partial charge is 0.221 e. The van der Waals surface area contributed by atoms with Crippen LogP contribution in [0, 0.1) is 0 Å². The summed E-state index contributed by atoms with van der Waals surface area (Å²) in [7, 11) is 0. The van der Waals surface area contributed by atoms with Gasteiger partial charge in [0.2, 0.25) is 5.91 Å². The molecule has 0 aliphatic carbocycles. The highest BCUT2D eigenvalue weighted by atomic mass is 16.3. The fraction of sp³-hybridized carbons (Fsp3) is 0.909. The molecule has 2 unspecified atom stereocenters. The standard InChI is InChI=1S/C11H22N2O2/c1-9(14)4-2-6-12-10-5-3-7-13-11(15)8-10/h9-10,12,14H,2-8H2,1H3,(H,13,15). The predicted molar refractivity (Wildman–Crippen MR) is 59.6 cm³/mol. The number of amides is 1. The van der Waals surface area contributed by atoms with Crippen LogP contribution in [0.1, 0.15) is 39.0 Å². The number of aliphatic hydroxyl groups excluding tert-OH is 1. The highest BCUT2D eigenvalue weighted by Crippen LogP contribution is 2.06. The van der Waals surface area contributed by atoms with Gasteiger partial charge in [-0.1, -0.05) is 0 Å². The van der Waals surface area contributed by atoms with Crippen molar-refractivity contribution in [2.75, 3.05) is 13.1 Å². The monoisotopic (exact) mass is 214 g/mol. The Morgan fingerprint density at radius 1 is 1.67 bits per heavy atom. The van der Waals surface area contributed by atoms with Gasteiger partial charge in [0.15, 0.2) is 0 Å². The number of nitrogens with one attached hydrogen (secondary N) is 2. The molecule has 0 aromatic heterocycles. The molecular formula is C11H22N2O2. The Balaban J connectivity index is 2.11. The van der Waals surface area contributed by atoms with Crippen LogP contribution in [0.2, 0.25) is 0 Å². The fourth-order valence-electron chi connectivity index (χ4n) is 1.85. The van der Waals surface area contributed by atoms with E-state index in [2.05, 4.69) is 10.6 Å². The Bertz CT molecular complexity index is 195. The van der Waals surface area contributed by atoms with Crippen LogP contribution in [0.15, 0.2) is 0 Å². The van der Waals surface area contributed by atoms with Crippen LogP contribution in [0.25, 0.3) is 0 Å². The Kier molecular flexibility index (Phi) is 5.65. The Morgan fingerprint density at radius 2 is 2.47 bits per heavy atom. The summed E-state index contributed by atoms with van der Waals surface area (Å²) < 4.78 is 0. The predicted octanol–water partition coefficient (Wildman–Crippen LogP) is 0.406. The van der Waals surface area contributed by atoms with E-state index in [0.717, 1.165) is 38.8 Å². The molecular weight excluding hydrogens is 192 g/mol. The van der Waals surface area contributed by atoms with Gasteiger partial charge in [0.25, 0.3) is 0 Å². The van der Waals surface area contributed by atoms with Gasteiger partial charge in [-0.15, -0.1) is 0 Å². The minimum Gasteiger partial charge on any atom is -0.393 e. The Morgan fingerprint density at radius 3 is 3.20 bits per heavy atom. The molecule has 0 bridgehead atoms. The molecule has 3 N–H and O–H groups in total. The Labute approximate surface area is 91.4 Å². The minimum absolute atomic E-state index is 0.153. The SMILES string of the molecule is CC(O)CCCNC1CCCNC(=O)C1. The molecule has 1 rings (SSSR count). The van der Waals surface area contributed by atoms with Crippen molar-refractivity contribution in [1.82, 2.24) is 10.6 Å². The summed E-state index contributed by atoms with van der Waals surface area (Å²) in [5.41, 5.74) is 0. The largest absolute Gasteiger partial charge is 0.393 e. The molecule has 2 atom stereocenters. The van der Waals surface area contributed by atoms with Crippen LogP contribution in [0.4, 0.5) is 0 Å². The van der Waals surface area contributed by atoms with Crippen molar-refractivity contribution in [3.05, 3.63) is 0 Å². The van der Waals surface area contributed by atoms with E-state index >= 15 is 0 Å². The lowest BCUT2D eigenvalue weighted by atomic mass is 10.1. The highest BCUT2D eigenvalue weighted by molar-refractivity contribution is 5.76. The van der Waals surface area contributed by atoms with E-state index in [4.69, 9.17) is 5.11 Å². The van der Waals surface area contributed by atoms with E-state index in [1.165, 1.54) is 0 Å². The third-order valence-corrected chi connectivity index (χ3v) is 2.72. The zero-order valence-electron chi connectivity index (χ0n) is 9.46. The number of aliphatic hydroxyl groups is 1. The van der Waals surface area contributed by atoms with Gasteiger partial charge in [-0.05, 0) is 39.2 Å². The van der Waals surface area contributed by atoms with Crippen molar-refractivity contribution in [3.63, 3.8) is 0 Å². The van der Waals surface area contributed by atoms with Crippen molar-refractivity contribution in [2.45, 2.75) is 51.2 Å². The van der Waals surface area contributed by atoms with E-state index in [1.54, 1.807) is 6.92 Å². The third kappa shape index (κ3) is 5.74. The van der Waals surface area contributed by atoms with E-state index in [1.807, 2.05) is 0 Å². The molecule has 1 heterocycles. The van der Waals surface area contributed by atoms with Gasteiger partial charge in [0, 0.05) is 19.0 Å². The lowest BCUT2D eigenvalue weighted by Gasteiger charge is -2.15. The van der Waals surface area contributed by atoms with Gasteiger partial charge in [-0.25, -0.2) is 0 Å². The van der Waals surface area contributed by atoms with Crippen molar-refractivity contribution >= 4 is 5.91 Å².